The number of nitrogens with one attached hydrogen (secondary N) is 2. The molecule has 0 aromatic heterocycles. The van der Waals surface area contributed by atoms with Crippen LogP contribution in [0, 0.1) is 6.92 Å². The summed E-state index contributed by atoms with van der Waals surface area (Å²) >= 11 is 7.36. The number of amides is 2. The molecule has 1 aliphatic heterocycles. The smallest absolute Gasteiger partial charge is 0.307 e. The summed E-state index contributed by atoms with van der Waals surface area (Å²) in [5, 5.41) is 5.16. The third kappa shape index (κ3) is 5.02. The number of para-hydroxylation sites is 1. The molecule has 2 aromatic rings. The number of benzene rings is 2. The van der Waals surface area contributed by atoms with Gasteiger partial charge in [-0.3, -0.25) is 14.4 Å². The van der Waals surface area contributed by atoms with Crippen molar-refractivity contribution in [3.63, 3.8) is 0 Å². The van der Waals surface area contributed by atoms with E-state index in [2.05, 4.69) is 10.6 Å². The Morgan fingerprint density at radius 1 is 1.26 bits per heavy atom. The number of thioether (sulfide) groups is 1. The first-order valence-electron chi connectivity index (χ1n) is 8.20. The SMILES string of the molecule is Cc1ccc(NC(=O)COC(=O)CC2Sc3ccccc3NC2=O)c(Cl)c1. The first-order valence-corrected chi connectivity index (χ1v) is 9.46. The number of hydrogen-bond acceptors (Lipinski definition) is 5. The first-order chi connectivity index (χ1) is 12.9. The predicted octanol–water partition coefficient (Wildman–Crippen LogP) is 3.63. The average molecular weight is 405 g/mol. The maximum Gasteiger partial charge on any atom is 0.307 e. The van der Waals surface area contributed by atoms with Crippen LogP contribution >= 0.6 is 23.4 Å². The Kier molecular flexibility index (Phi) is 6.03. The number of ether oxygens (including phenoxy) is 1. The van der Waals surface area contributed by atoms with Gasteiger partial charge in [0.15, 0.2) is 6.61 Å². The number of anilines is 2. The summed E-state index contributed by atoms with van der Waals surface area (Å²) < 4.78 is 4.99. The van der Waals surface area contributed by atoms with Crippen LogP contribution < -0.4 is 10.6 Å². The summed E-state index contributed by atoms with van der Waals surface area (Å²) in [6.45, 7) is 1.44. The summed E-state index contributed by atoms with van der Waals surface area (Å²) in [5.41, 5.74) is 2.14. The highest BCUT2D eigenvalue weighted by Gasteiger charge is 2.29. The van der Waals surface area contributed by atoms with Gasteiger partial charge in [-0.1, -0.05) is 29.8 Å². The molecule has 0 saturated carbocycles. The number of carbonyl (C=O) groups is 3. The summed E-state index contributed by atoms with van der Waals surface area (Å²) in [4.78, 5) is 37.0. The van der Waals surface area contributed by atoms with Crippen LogP contribution in [0.1, 0.15) is 12.0 Å². The van der Waals surface area contributed by atoms with Crippen molar-refractivity contribution in [2.45, 2.75) is 23.5 Å². The molecule has 27 heavy (non-hydrogen) atoms. The normalized spacial score (nSPS) is 15.5. The maximum atomic E-state index is 12.1. The van der Waals surface area contributed by atoms with Gasteiger partial charge in [0, 0.05) is 4.90 Å². The highest BCUT2D eigenvalue weighted by atomic mass is 35.5. The van der Waals surface area contributed by atoms with Crippen LogP contribution in [0.15, 0.2) is 47.4 Å². The van der Waals surface area contributed by atoms with E-state index in [0.717, 1.165) is 16.1 Å². The van der Waals surface area contributed by atoms with Gasteiger partial charge in [0.05, 0.1) is 28.1 Å². The zero-order valence-corrected chi connectivity index (χ0v) is 16.0. The molecule has 2 aromatic carbocycles. The quantitative estimate of drug-likeness (QED) is 0.743. The van der Waals surface area contributed by atoms with Crippen molar-refractivity contribution in [1.82, 2.24) is 0 Å². The van der Waals surface area contributed by atoms with Gasteiger partial charge in [-0.15, -0.1) is 11.8 Å². The van der Waals surface area contributed by atoms with Gasteiger partial charge in [-0.25, -0.2) is 0 Å². The molecule has 0 radical (unpaired) electrons. The molecule has 2 N–H and O–H groups in total. The number of halogens is 1. The van der Waals surface area contributed by atoms with Gasteiger partial charge in [-0.05, 0) is 36.8 Å². The molecule has 1 unspecified atom stereocenters. The molecule has 0 saturated heterocycles. The summed E-state index contributed by atoms with van der Waals surface area (Å²) in [7, 11) is 0. The van der Waals surface area contributed by atoms with Crippen LogP contribution in [-0.2, 0) is 19.1 Å². The van der Waals surface area contributed by atoms with Crippen molar-refractivity contribution in [2.75, 3.05) is 17.2 Å². The minimum atomic E-state index is -0.618. The van der Waals surface area contributed by atoms with E-state index in [1.54, 1.807) is 18.2 Å². The summed E-state index contributed by atoms with van der Waals surface area (Å²) in [5.74, 6) is -1.38. The lowest BCUT2D eigenvalue weighted by atomic mass is 10.2. The molecule has 140 valence electrons. The second kappa shape index (κ2) is 8.45. The third-order valence-corrected chi connectivity index (χ3v) is 5.41. The predicted molar refractivity (Wildman–Crippen MR) is 105 cm³/mol. The van der Waals surface area contributed by atoms with Crippen LogP contribution in [0.2, 0.25) is 5.02 Å². The molecule has 0 spiro atoms. The Morgan fingerprint density at radius 3 is 2.81 bits per heavy atom. The Morgan fingerprint density at radius 2 is 2.04 bits per heavy atom. The monoisotopic (exact) mass is 404 g/mol. The lowest BCUT2D eigenvalue weighted by Gasteiger charge is -2.23. The van der Waals surface area contributed by atoms with Gasteiger partial charge in [0.25, 0.3) is 5.91 Å². The number of aryl methyl sites for hydroxylation is 1. The van der Waals surface area contributed by atoms with Gasteiger partial charge in [-0.2, -0.15) is 0 Å². The van der Waals surface area contributed by atoms with Crippen LogP contribution in [0.5, 0.6) is 0 Å². The number of rotatable bonds is 5. The fourth-order valence-corrected chi connectivity index (χ4v) is 3.87. The fraction of sp³-hybridized carbons (Fsp3) is 0.211. The van der Waals surface area contributed by atoms with Gasteiger partial charge < -0.3 is 15.4 Å². The molecule has 3 rings (SSSR count). The average Bonchev–Trinajstić information content (AvgIpc) is 2.63. The van der Waals surface area contributed by atoms with E-state index >= 15 is 0 Å². The Labute approximate surface area is 165 Å². The third-order valence-electron chi connectivity index (χ3n) is 3.82. The van der Waals surface area contributed by atoms with E-state index in [4.69, 9.17) is 16.3 Å². The zero-order valence-electron chi connectivity index (χ0n) is 14.5. The van der Waals surface area contributed by atoms with Crippen molar-refractivity contribution in [2.24, 2.45) is 0 Å². The van der Waals surface area contributed by atoms with E-state index in [0.29, 0.717) is 10.7 Å². The molecule has 1 atom stereocenters. The fourth-order valence-electron chi connectivity index (χ4n) is 2.49. The van der Waals surface area contributed by atoms with Crippen LogP contribution in [0.25, 0.3) is 0 Å². The van der Waals surface area contributed by atoms with Gasteiger partial charge >= 0.3 is 5.97 Å². The van der Waals surface area contributed by atoms with Crippen molar-refractivity contribution < 1.29 is 19.1 Å². The van der Waals surface area contributed by atoms with Crippen molar-refractivity contribution in [3.05, 3.63) is 53.1 Å². The Hall–Kier alpha value is -2.51. The van der Waals surface area contributed by atoms with Crippen LogP contribution in [0.4, 0.5) is 11.4 Å². The molecular formula is C19H17ClN2O4S. The molecule has 2 amide bonds. The van der Waals surface area contributed by atoms with Crippen molar-refractivity contribution >= 4 is 52.5 Å². The number of fused-ring (bicyclic) bond motifs is 1. The highest BCUT2D eigenvalue weighted by molar-refractivity contribution is 8.01. The molecule has 0 fully saturated rings. The molecule has 8 heteroatoms. The van der Waals surface area contributed by atoms with Crippen molar-refractivity contribution in [1.29, 1.82) is 0 Å². The minimum absolute atomic E-state index is 0.122. The second-order valence-corrected chi connectivity index (χ2v) is 7.64. The molecule has 0 bridgehead atoms. The lowest BCUT2D eigenvalue weighted by molar-refractivity contribution is -0.147. The second-order valence-electron chi connectivity index (χ2n) is 5.99. The molecule has 1 aliphatic rings. The van der Waals surface area contributed by atoms with E-state index < -0.39 is 23.7 Å². The van der Waals surface area contributed by atoms with E-state index in [1.165, 1.54) is 11.8 Å². The molecule has 1 heterocycles. The van der Waals surface area contributed by atoms with Gasteiger partial charge in [0.1, 0.15) is 0 Å². The minimum Gasteiger partial charge on any atom is -0.456 e. The summed E-state index contributed by atoms with van der Waals surface area (Å²) in [6, 6.07) is 12.6. The van der Waals surface area contributed by atoms with E-state index in [9.17, 15) is 14.4 Å². The van der Waals surface area contributed by atoms with E-state index in [1.807, 2.05) is 31.2 Å². The topological polar surface area (TPSA) is 84.5 Å². The zero-order chi connectivity index (χ0) is 19.4. The van der Waals surface area contributed by atoms with Gasteiger partial charge in [0.2, 0.25) is 5.91 Å². The molecular weight excluding hydrogens is 388 g/mol. The molecule has 0 aliphatic carbocycles. The lowest BCUT2D eigenvalue weighted by Crippen LogP contribution is -2.32. The van der Waals surface area contributed by atoms with Crippen molar-refractivity contribution in [3.8, 4) is 0 Å². The van der Waals surface area contributed by atoms with Crippen LogP contribution in [0.3, 0.4) is 0 Å². The highest BCUT2D eigenvalue weighted by Crippen LogP contribution is 2.36. The number of esters is 1. The van der Waals surface area contributed by atoms with E-state index in [-0.39, 0.29) is 12.3 Å². The summed E-state index contributed by atoms with van der Waals surface area (Å²) in [6.07, 6.45) is -0.122. The molecule has 6 nitrogen and oxygen atoms in total. The first kappa shape index (κ1) is 19.3. The largest absolute Gasteiger partial charge is 0.456 e. The number of hydrogen-bond donors (Lipinski definition) is 2. The number of carbonyl (C=O) groups excluding carboxylic acids is 3. The van der Waals surface area contributed by atoms with Crippen LogP contribution in [-0.4, -0.2) is 29.6 Å². The Bertz CT molecular complexity index is 903. The Balaban J connectivity index is 1.49. The maximum absolute atomic E-state index is 12.1. The standard InChI is InChI=1S/C19H17ClN2O4S/c1-11-6-7-13(12(20)8-11)21-17(23)10-26-18(24)9-16-19(25)22-14-4-2-3-5-15(14)27-16/h2-8,16H,9-10H2,1H3,(H,21,23)(H,22,25).